The maximum absolute atomic E-state index is 13.1. The van der Waals surface area contributed by atoms with Crippen LogP contribution in [0.1, 0.15) is 6.92 Å². The maximum atomic E-state index is 13.1. The fourth-order valence-corrected chi connectivity index (χ4v) is 2.19. The van der Waals surface area contributed by atoms with Gasteiger partial charge in [-0.15, -0.1) is 0 Å². The number of hydrogen-bond donors (Lipinski definition) is 1. The number of halogens is 1. The summed E-state index contributed by atoms with van der Waals surface area (Å²) in [6.45, 7) is 2.66. The van der Waals surface area contributed by atoms with Gasteiger partial charge in [0, 0.05) is 24.6 Å². The Kier molecular flexibility index (Phi) is 2.98. The molecule has 0 aliphatic heterocycles. The van der Waals surface area contributed by atoms with Crippen molar-refractivity contribution in [1.29, 1.82) is 0 Å². The molecule has 3 aromatic rings. The lowest BCUT2D eigenvalue weighted by Gasteiger charge is -2.22. The van der Waals surface area contributed by atoms with Gasteiger partial charge in [-0.25, -0.2) is 14.4 Å². The number of imidazole rings is 1. The van der Waals surface area contributed by atoms with Crippen LogP contribution in [-0.4, -0.2) is 20.9 Å². The largest absolute Gasteiger partial charge is 0.382 e. The standard InChI is InChI=1S/C14H14FN5/c1-2-20(11-5-3-10(15)4-6-11)14-13-17-7-8-19(13)9-12(16)18-14/h3-9H,2,16H2,1H3. The number of nitrogens with two attached hydrogens (primary N) is 1. The molecule has 5 nitrogen and oxygen atoms in total. The van der Waals surface area contributed by atoms with Crippen molar-refractivity contribution in [2.24, 2.45) is 0 Å². The summed E-state index contributed by atoms with van der Waals surface area (Å²) in [5.74, 6) is 0.798. The van der Waals surface area contributed by atoms with E-state index in [0.717, 1.165) is 5.69 Å². The highest BCUT2D eigenvalue weighted by atomic mass is 19.1. The van der Waals surface area contributed by atoms with Crippen molar-refractivity contribution in [3.05, 3.63) is 48.7 Å². The lowest BCUT2D eigenvalue weighted by Crippen LogP contribution is -2.19. The third kappa shape index (κ3) is 2.05. The molecule has 102 valence electrons. The van der Waals surface area contributed by atoms with Crippen LogP contribution in [-0.2, 0) is 0 Å². The average molecular weight is 271 g/mol. The second kappa shape index (κ2) is 4.80. The Morgan fingerprint density at radius 3 is 2.75 bits per heavy atom. The van der Waals surface area contributed by atoms with Crippen molar-refractivity contribution in [3.8, 4) is 0 Å². The van der Waals surface area contributed by atoms with E-state index in [9.17, 15) is 4.39 Å². The zero-order valence-corrected chi connectivity index (χ0v) is 11.0. The summed E-state index contributed by atoms with van der Waals surface area (Å²) >= 11 is 0. The first-order chi connectivity index (χ1) is 9.69. The third-order valence-electron chi connectivity index (χ3n) is 3.09. The molecule has 20 heavy (non-hydrogen) atoms. The summed E-state index contributed by atoms with van der Waals surface area (Å²) in [5, 5.41) is 0. The molecule has 0 fully saturated rings. The number of aromatic nitrogens is 3. The molecule has 0 bridgehead atoms. The van der Waals surface area contributed by atoms with Crippen LogP contribution < -0.4 is 10.6 Å². The quantitative estimate of drug-likeness (QED) is 0.795. The monoisotopic (exact) mass is 271 g/mol. The normalized spacial score (nSPS) is 10.9. The van der Waals surface area contributed by atoms with Gasteiger partial charge in [0.05, 0.1) is 6.20 Å². The molecular formula is C14H14FN5. The zero-order chi connectivity index (χ0) is 14.1. The predicted molar refractivity (Wildman–Crippen MR) is 76.5 cm³/mol. The molecule has 3 rings (SSSR count). The summed E-state index contributed by atoms with van der Waals surface area (Å²) in [6, 6.07) is 6.27. The minimum absolute atomic E-state index is 0.267. The molecule has 0 atom stereocenters. The van der Waals surface area contributed by atoms with Crippen molar-refractivity contribution in [1.82, 2.24) is 14.4 Å². The fourth-order valence-electron chi connectivity index (χ4n) is 2.19. The number of nitrogen functional groups attached to an aromatic ring is 1. The van der Waals surface area contributed by atoms with Gasteiger partial charge in [0.25, 0.3) is 0 Å². The number of benzene rings is 1. The van der Waals surface area contributed by atoms with E-state index in [0.29, 0.717) is 23.8 Å². The lowest BCUT2D eigenvalue weighted by molar-refractivity contribution is 0.628. The van der Waals surface area contributed by atoms with Gasteiger partial charge in [-0.2, -0.15) is 0 Å². The minimum Gasteiger partial charge on any atom is -0.382 e. The number of nitrogens with zero attached hydrogens (tertiary/aromatic N) is 4. The van der Waals surface area contributed by atoms with Crippen LogP contribution in [0.25, 0.3) is 5.65 Å². The summed E-state index contributed by atoms with van der Waals surface area (Å²) in [4.78, 5) is 10.6. The summed E-state index contributed by atoms with van der Waals surface area (Å²) < 4.78 is 14.9. The Morgan fingerprint density at radius 2 is 2.05 bits per heavy atom. The summed E-state index contributed by atoms with van der Waals surface area (Å²) in [5.41, 5.74) is 7.39. The van der Waals surface area contributed by atoms with E-state index in [2.05, 4.69) is 9.97 Å². The van der Waals surface area contributed by atoms with Crippen LogP contribution >= 0.6 is 0 Å². The Bertz CT molecular complexity index is 735. The molecule has 0 aliphatic rings. The van der Waals surface area contributed by atoms with Crippen LogP contribution in [0, 0.1) is 5.82 Å². The van der Waals surface area contributed by atoms with Crippen molar-refractivity contribution in [2.45, 2.75) is 6.92 Å². The van der Waals surface area contributed by atoms with Gasteiger partial charge in [0.1, 0.15) is 11.6 Å². The van der Waals surface area contributed by atoms with Crippen molar-refractivity contribution in [2.75, 3.05) is 17.2 Å². The van der Waals surface area contributed by atoms with Crippen molar-refractivity contribution in [3.63, 3.8) is 0 Å². The number of anilines is 3. The predicted octanol–water partition coefficient (Wildman–Crippen LogP) is 2.61. The van der Waals surface area contributed by atoms with E-state index in [1.807, 2.05) is 22.4 Å². The molecule has 2 aromatic heterocycles. The molecule has 2 N–H and O–H groups in total. The molecule has 1 aromatic carbocycles. The van der Waals surface area contributed by atoms with Gasteiger partial charge < -0.3 is 15.0 Å². The third-order valence-corrected chi connectivity index (χ3v) is 3.09. The Balaban J connectivity index is 2.16. The van der Waals surface area contributed by atoms with E-state index in [-0.39, 0.29) is 5.82 Å². The van der Waals surface area contributed by atoms with Gasteiger partial charge >= 0.3 is 0 Å². The molecule has 0 unspecified atom stereocenters. The van der Waals surface area contributed by atoms with Gasteiger partial charge in [-0.05, 0) is 31.2 Å². The van der Waals surface area contributed by atoms with E-state index < -0.39 is 0 Å². The first kappa shape index (κ1) is 12.4. The van der Waals surface area contributed by atoms with Crippen LogP contribution in [0.2, 0.25) is 0 Å². The van der Waals surface area contributed by atoms with Gasteiger partial charge in [-0.3, -0.25) is 0 Å². The topological polar surface area (TPSA) is 59.5 Å². The number of hydrogen-bond acceptors (Lipinski definition) is 4. The van der Waals surface area contributed by atoms with E-state index in [1.165, 1.54) is 12.1 Å². The summed E-state index contributed by atoms with van der Waals surface area (Å²) in [7, 11) is 0. The molecule has 0 spiro atoms. The smallest absolute Gasteiger partial charge is 0.180 e. The molecule has 0 aliphatic carbocycles. The highest BCUT2D eigenvalue weighted by Gasteiger charge is 2.15. The molecule has 2 heterocycles. The van der Waals surface area contributed by atoms with Crippen LogP contribution in [0.4, 0.5) is 21.7 Å². The zero-order valence-electron chi connectivity index (χ0n) is 11.0. The van der Waals surface area contributed by atoms with Gasteiger partial charge in [0.2, 0.25) is 0 Å². The molecule has 0 saturated heterocycles. The molecular weight excluding hydrogens is 257 g/mol. The van der Waals surface area contributed by atoms with Gasteiger partial charge in [0.15, 0.2) is 11.5 Å². The average Bonchev–Trinajstić information content (AvgIpc) is 2.89. The maximum Gasteiger partial charge on any atom is 0.180 e. The molecule has 0 radical (unpaired) electrons. The van der Waals surface area contributed by atoms with E-state index >= 15 is 0 Å². The summed E-state index contributed by atoms with van der Waals surface area (Å²) in [6.07, 6.45) is 5.22. The second-order valence-electron chi connectivity index (χ2n) is 4.37. The number of fused-ring (bicyclic) bond motifs is 1. The highest BCUT2D eigenvalue weighted by molar-refractivity contribution is 5.73. The molecule has 0 amide bonds. The minimum atomic E-state index is -0.267. The fraction of sp³-hybridized carbons (Fsp3) is 0.143. The molecule has 0 saturated carbocycles. The van der Waals surface area contributed by atoms with Crippen LogP contribution in [0.15, 0.2) is 42.9 Å². The van der Waals surface area contributed by atoms with Crippen LogP contribution in [0.5, 0.6) is 0 Å². The Hall–Kier alpha value is -2.63. The lowest BCUT2D eigenvalue weighted by atomic mass is 10.2. The Morgan fingerprint density at radius 1 is 1.30 bits per heavy atom. The van der Waals surface area contributed by atoms with Crippen LogP contribution in [0.3, 0.4) is 0 Å². The first-order valence-electron chi connectivity index (χ1n) is 6.31. The molecule has 6 heteroatoms. The Labute approximate surface area is 115 Å². The van der Waals surface area contributed by atoms with Gasteiger partial charge in [-0.1, -0.05) is 0 Å². The second-order valence-corrected chi connectivity index (χ2v) is 4.37. The SMILES string of the molecule is CCN(c1ccc(F)cc1)c1nc(N)cn2ccnc12. The van der Waals surface area contributed by atoms with Crippen molar-refractivity contribution < 1.29 is 4.39 Å². The number of rotatable bonds is 3. The van der Waals surface area contributed by atoms with E-state index in [4.69, 9.17) is 5.73 Å². The van der Waals surface area contributed by atoms with Crippen molar-refractivity contribution >= 4 is 23.0 Å². The van der Waals surface area contributed by atoms with E-state index in [1.54, 1.807) is 24.5 Å². The first-order valence-corrected chi connectivity index (χ1v) is 6.31. The highest BCUT2D eigenvalue weighted by Crippen LogP contribution is 2.27.